The minimum atomic E-state index is 0.658. The standard InChI is InChI=1S/C32H33BrN4/c1-23-6-2-5-9-29(23)28-12-13-31-30(33)21-35-37(31)32(19-28)34-20-24-14-16-36(17-15-24)22-25-10-11-26-7-3-4-8-27(26)18-25/h2-12,18-19,21,24,34H,13-17,20,22H2,1H3. The molecule has 3 heterocycles. The third-order valence-electron chi connectivity index (χ3n) is 7.81. The summed E-state index contributed by atoms with van der Waals surface area (Å²) in [4.78, 5) is 2.60. The van der Waals surface area contributed by atoms with Crippen LogP contribution in [0.1, 0.15) is 35.2 Å². The number of allylic oxidation sites excluding steroid dienone is 3. The minimum Gasteiger partial charge on any atom is -0.370 e. The van der Waals surface area contributed by atoms with Gasteiger partial charge in [-0.3, -0.25) is 4.90 Å². The van der Waals surface area contributed by atoms with E-state index in [-0.39, 0.29) is 0 Å². The quantitative estimate of drug-likeness (QED) is 0.278. The molecule has 4 nitrogen and oxygen atoms in total. The summed E-state index contributed by atoms with van der Waals surface area (Å²) in [7, 11) is 0. The van der Waals surface area contributed by atoms with Gasteiger partial charge in [0.15, 0.2) is 0 Å². The monoisotopic (exact) mass is 552 g/mol. The fourth-order valence-corrected chi connectivity index (χ4v) is 6.04. The first-order valence-corrected chi connectivity index (χ1v) is 14.1. The summed E-state index contributed by atoms with van der Waals surface area (Å²) < 4.78 is 3.13. The van der Waals surface area contributed by atoms with Gasteiger partial charge in [0, 0.05) is 19.5 Å². The van der Waals surface area contributed by atoms with E-state index < -0.39 is 0 Å². The van der Waals surface area contributed by atoms with Gasteiger partial charge < -0.3 is 5.32 Å². The van der Waals surface area contributed by atoms with E-state index in [1.165, 1.54) is 51.6 Å². The normalized spacial score (nSPS) is 16.7. The first-order chi connectivity index (χ1) is 18.1. The summed E-state index contributed by atoms with van der Waals surface area (Å²) in [5.41, 5.74) is 6.43. The number of fused-ring (bicyclic) bond motifs is 2. The zero-order chi connectivity index (χ0) is 25.2. The van der Waals surface area contributed by atoms with Crippen molar-refractivity contribution in [2.45, 2.75) is 32.7 Å². The summed E-state index contributed by atoms with van der Waals surface area (Å²) in [5.74, 6) is 1.72. The first kappa shape index (κ1) is 24.2. The van der Waals surface area contributed by atoms with E-state index in [1.807, 2.05) is 6.20 Å². The van der Waals surface area contributed by atoms with Crippen molar-refractivity contribution in [1.29, 1.82) is 0 Å². The molecule has 37 heavy (non-hydrogen) atoms. The Labute approximate surface area is 227 Å². The zero-order valence-electron chi connectivity index (χ0n) is 21.3. The van der Waals surface area contributed by atoms with Crippen LogP contribution in [0.25, 0.3) is 22.2 Å². The molecule has 1 fully saturated rings. The smallest absolute Gasteiger partial charge is 0.128 e. The Morgan fingerprint density at radius 1 is 0.973 bits per heavy atom. The van der Waals surface area contributed by atoms with Crippen molar-refractivity contribution in [3.05, 3.63) is 112 Å². The maximum Gasteiger partial charge on any atom is 0.128 e. The summed E-state index contributed by atoms with van der Waals surface area (Å²) in [5, 5.41) is 11.1. The Hall–Kier alpha value is -3.15. The molecule has 0 atom stereocenters. The Kier molecular flexibility index (Phi) is 6.99. The van der Waals surface area contributed by atoms with Crippen molar-refractivity contribution < 1.29 is 0 Å². The van der Waals surface area contributed by atoms with Crippen LogP contribution >= 0.6 is 15.9 Å². The van der Waals surface area contributed by atoms with Crippen LogP contribution in [-0.2, 0) is 13.0 Å². The molecule has 2 aliphatic rings. The lowest BCUT2D eigenvalue weighted by Crippen LogP contribution is -2.37. The third kappa shape index (κ3) is 5.29. The van der Waals surface area contributed by atoms with E-state index in [4.69, 9.17) is 0 Å². The highest BCUT2D eigenvalue weighted by atomic mass is 79.9. The molecular formula is C32H33BrN4. The Morgan fingerprint density at radius 3 is 2.59 bits per heavy atom. The highest BCUT2D eigenvalue weighted by Gasteiger charge is 2.22. The third-order valence-corrected chi connectivity index (χ3v) is 8.47. The molecule has 5 heteroatoms. The molecule has 1 N–H and O–H groups in total. The fraction of sp³-hybridized carbons (Fsp3) is 0.281. The molecular weight excluding hydrogens is 520 g/mol. The van der Waals surface area contributed by atoms with E-state index in [2.05, 4.69) is 122 Å². The minimum absolute atomic E-state index is 0.658. The number of likely N-dealkylation sites (tertiary alicyclic amines) is 1. The molecule has 1 aromatic heterocycles. The lowest BCUT2D eigenvalue weighted by atomic mass is 9.96. The van der Waals surface area contributed by atoms with Crippen molar-refractivity contribution in [2.24, 2.45) is 5.92 Å². The first-order valence-electron chi connectivity index (χ1n) is 13.3. The molecule has 0 bridgehead atoms. The molecule has 0 spiro atoms. The van der Waals surface area contributed by atoms with Gasteiger partial charge in [-0.2, -0.15) is 5.10 Å². The van der Waals surface area contributed by atoms with Crippen molar-refractivity contribution in [2.75, 3.05) is 19.6 Å². The number of hydrogen-bond donors (Lipinski definition) is 1. The van der Waals surface area contributed by atoms with Crippen LogP contribution in [0.15, 0.2) is 89.6 Å². The van der Waals surface area contributed by atoms with E-state index in [0.717, 1.165) is 42.9 Å². The van der Waals surface area contributed by atoms with Crippen LogP contribution in [0.5, 0.6) is 0 Å². The molecule has 0 saturated carbocycles. The average Bonchev–Trinajstić information content (AvgIpc) is 3.19. The van der Waals surface area contributed by atoms with Gasteiger partial charge in [0.25, 0.3) is 0 Å². The number of hydrogen-bond acceptors (Lipinski definition) is 3. The number of benzene rings is 3. The number of aryl methyl sites for hydroxylation is 1. The zero-order valence-corrected chi connectivity index (χ0v) is 22.9. The number of aromatic nitrogens is 2. The van der Waals surface area contributed by atoms with E-state index in [0.29, 0.717) is 5.92 Å². The van der Waals surface area contributed by atoms with Gasteiger partial charge in [0.05, 0.1) is 16.4 Å². The van der Waals surface area contributed by atoms with Gasteiger partial charge in [0.2, 0.25) is 0 Å². The topological polar surface area (TPSA) is 33.1 Å². The lowest BCUT2D eigenvalue weighted by molar-refractivity contribution is 0.177. The molecule has 0 radical (unpaired) electrons. The maximum atomic E-state index is 4.69. The number of halogens is 1. The molecule has 2 aliphatic heterocycles. The van der Waals surface area contributed by atoms with Gasteiger partial charge in [-0.1, -0.05) is 66.7 Å². The van der Waals surface area contributed by atoms with Crippen molar-refractivity contribution in [3.8, 4) is 0 Å². The number of piperidine rings is 1. The largest absolute Gasteiger partial charge is 0.370 e. The molecule has 6 rings (SSSR count). The lowest BCUT2D eigenvalue weighted by Gasteiger charge is -2.32. The number of nitrogens with zero attached hydrogens (tertiary/aromatic N) is 3. The SMILES string of the molecule is Cc1ccccc1C1=CCc2c(Br)cnn2C(NCC2CCN(Cc3ccc4ccccc4c3)CC2)=C1. The van der Waals surface area contributed by atoms with Crippen LogP contribution in [-0.4, -0.2) is 34.3 Å². The molecule has 0 amide bonds. The van der Waals surface area contributed by atoms with Gasteiger partial charge in [-0.25, -0.2) is 4.68 Å². The fourth-order valence-electron chi connectivity index (χ4n) is 5.62. The second-order valence-corrected chi connectivity index (χ2v) is 11.2. The van der Waals surface area contributed by atoms with Gasteiger partial charge in [-0.15, -0.1) is 0 Å². The Balaban J connectivity index is 1.11. The van der Waals surface area contributed by atoms with Gasteiger partial charge in [-0.05, 0) is 99.9 Å². The van der Waals surface area contributed by atoms with Crippen LogP contribution in [0.2, 0.25) is 0 Å². The summed E-state index contributed by atoms with van der Waals surface area (Å²) in [6, 6.07) is 24.1. The Morgan fingerprint density at radius 2 is 1.76 bits per heavy atom. The van der Waals surface area contributed by atoms with E-state index in [1.54, 1.807) is 0 Å². The summed E-state index contributed by atoms with van der Waals surface area (Å²) in [6.07, 6.45) is 9.77. The molecule has 188 valence electrons. The van der Waals surface area contributed by atoms with Gasteiger partial charge in [0.1, 0.15) is 5.82 Å². The van der Waals surface area contributed by atoms with Crippen LogP contribution < -0.4 is 5.32 Å². The van der Waals surface area contributed by atoms with Crippen molar-refractivity contribution in [1.82, 2.24) is 20.0 Å². The average molecular weight is 554 g/mol. The maximum absolute atomic E-state index is 4.69. The summed E-state index contributed by atoms with van der Waals surface area (Å²) in [6.45, 7) is 6.47. The predicted molar refractivity (Wildman–Crippen MR) is 157 cm³/mol. The predicted octanol–water partition coefficient (Wildman–Crippen LogP) is 7.05. The van der Waals surface area contributed by atoms with Gasteiger partial charge >= 0.3 is 0 Å². The van der Waals surface area contributed by atoms with Crippen LogP contribution in [0, 0.1) is 12.8 Å². The Bertz CT molecular complexity index is 1470. The van der Waals surface area contributed by atoms with Crippen LogP contribution in [0.3, 0.4) is 0 Å². The highest BCUT2D eigenvalue weighted by molar-refractivity contribution is 9.10. The van der Waals surface area contributed by atoms with Crippen molar-refractivity contribution in [3.63, 3.8) is 0 Å². The van der Waals surface area contributed by atoms with Crippen molar-refractivity contribution >= 4 is 38.1 Å². The molecule has 4 aromatic rings. The molecule has 3 aromatic carbocycles. The second-order valence-electron chi connectivity index (χ2n) is 10.3. The molecule has 1 saturated heterocycles. The highest BCUT2D eigenvalue weighted by Crippen LogP contribution is 2.29. The second kappa shape index (κ2) is 10.7. The van der Waals surface area contributed by atoms with E-state index >= 15 is 0 Å². The molecule has 0 aliphatic carbocycles. The van der Waals surface area contributed by atoms with Crippen LogP contribution in [0.4, 0.5) is 0 Å². The van der Waals surface area contributed by atoms with E-state index in [9.17, 15) is 0 Å². The number of nitrogens with one attached hydrogen (secondary N) is 1. The summed E-state index contributed by atoms with van der Waals surface area (Å²) >= 11 is 3.71. The number of rotatable bonds is 6. The molecule has 0 unspecified atom stereocenters.